The van der Waals surface area contributed by atoms with Crippen LogP contribution in [-0.2, 0) is 16.0 Å². The second kappa shape index (κ2) is 8.92. The van der Waals surface area contributed by atoms with Gasteiger partial charge in [0.15, 0.2) is 0 Å². The zero-order chi connectivity index (χ0) is 21.0. The summed E-state index contributed by atoms with van der Waals surface area (Å²) in [6, 6.07) is 10.9. The third-order valence-electron chi connectivity index (χ3n) is 4.32. The lowest BCUT2D eigenvalue weighted by atomic mass is 10.0. The summed E-state index contributed by atoms with van der Waals surface area (Å²) in [5.41, 5.74) is 1.48. The normalized spacial score (nSPS) is 10.7. The molecule has 0 fully saturated rings. The lowest BCUT2D eigenvalue weighted by Gasteiger charge is -2.12. The van der Waals surface area contributed by atoms with Gasteiger partial charge in [0.05, 0.1) is 12.2 Å². The molecular formula is C22H19ClO6. The highest BCUT2D eigenvalue weighted by Crippen LogP contribution is 2.29. The molecule has 0 bridgehead atoms. The van der Waals surface area contributed by atoms with Gasteiger partial charge in [-0.15, -0.1) is 0 Å². The van der Waals surface area contributed by atoms with E-state index in [-0.39, 0.29) is 18.1 Å². The minimum absolute atomic E-state index is 0.126. The fraction of sp³-hybridized carbons (Fsp3) is 0.227. The molecule has 3 aromatic rings. The molecule has 0 amide bonds. The number of ether oxygens (including phenoxy) is 2. The molecule has 0 atom stereocenters. The molecule has 0 saturated heterocycles. The standard InChI is InChI=1S/C22H19ClO6/c1-3-27-20(24)9-6-15-11-17-13(2)10-21(25)28-19(17)12-18(15)29-22(26)14-4-7-16(23)8-5-14/h4-5,7-8,10-12H,3,6,9H2,1-2H3. The van der Waals surface area contributed by atoms with Crippen LogP contribution in [0.5, 0.6) is 5.75 Å². The molecule has 1 heterocycles. The summed E-state index contributed by atoms with van der Waals surface area (Å²) in [6.45, 7) is 3.81. The van der Waals surface area contributed by atoms with Crippen LogP contribution in [0.25, 0.3) is 11.0 Å². The van der Waals surface area contributed by atoms with Gasteiger partial charge in [0.25, 0.3) is 0 Å². The molecule has 0 radical (unpaired) electrons. The zero-order valence-corrected chi connectivity index (χ0v) is 16.7. The SMILES string of the molecule is CCOC(=O)CCc1cc2c(C)cc(=O)oc2cc1OC(=O)c1ccc(Cl)cc1. The smallest absolute Gasteiger partial charge is 0.343 e. The number of aryl methyl sites for hydroxylation is 2. The summed E-state index contributed by atoms with van der Waals surface area (Å²) >= 11 is 5.86. The fourth-order valence-electron chi connectivity index (χ4n) is 2.90. The highest BCUT2D eigenvalue weighted by atomic mass is 35.5. The Morgan fingerprint density at radius 1 is 1.10 bits per heavy atom. The van der Waals surface area contributed by atoms with Crippen molar-refractivity contribution in [2.24, 2.45) is 0 Å². The van der Waals surface area contributed by atoms with Crippen LogP contribution >= 0.6 is 11.6 Å². The number of rotatable bonds is 6. The first-order valence-corrected chi connectivity index (χ1v) is 9.46. The third kappa shape index (κ3) is 5.03. The van der Waals surface area contributed by atoms with Crippen LogP contribution in [0.1, 0.15) is 34.8 Å². The Labute approximate surface area is 172 Å². The lowest BCUT2D eigenvalue weighted by Crippen LogP contribution is -2.11. The quantitative estimate of drug-likeness (QED) is 0.336. The molecule has 0 aliphatic carbocycles. The van der Waals surface area contributed by atoms with Crippen molar-refractivity contribution >= 4 is 34.5 Å². The largest absolute Gasteiger partial charge is 0.466 e. The zero-order valence-electron chi connectivity index (χ0n) is 16.0. The molecule has 0 aliphatic heterocycles. The molecule has 1 aromatic heterocycles. The van der Waals surface area contributed by atoms with E-state index in [0.29, 0.717) is 40.1 Å². The van der Waals surface area contributed by atoms with E-state index in [1.54, 1.807) is 44.2 Å². The summed E-state index contributed by atoms with van der Waals surface area (Å²) in [6.07, 6.45) is 0.428. The Hall–Kier alpha value is -3.12. The van der Waals surface area contributed by atoms with Crippen LogP contribution in [0.15, 0.2) is 51.7 Å². The molecule has 29 heavy (non-hydrogen) atoms. The topological polar surface area (TPSA) is 82.8 Å². The van der Waals surface area contributed by atoms with E-state index in [2.05, 4.69) is 0 Å². The van der Waals surface area contributed by atoms with E-state index >= 15 is 0 Å². The maximum absolute atomic E-state index is 12.5. The molecule has 0 unspecified atom stereocenters. The van der Waals surface area contributed by atoms with Crippen LogP contribution in [0.3, 0.4) is 0 Å². The second-order valence-corrected chi connectivity index (χ2v) is 6.84. The Kier molecular flexibility index (Phi) is 6.34. The van der Waals surface area contributed by atoms with E-state index in [1.165, 1.54) is 12.1 Å². The summed E-state index contributed by atoms with van der Waals surface area (Å²) < 4.78 is 15.8. The van der Waals surface area contributed by atoms with Gasteiger partial charge in [-0.3, -0.25) is 4.79 Å². The number of hydrogen-bond donors (Lipinski definition) is 0. The van der Waals surface area contributed by atoms with E-state index in [0.717, 1.165) is 5.56 Å². The summed E-state index contributed by atoms with van der Waals surface area (Å²) in [5, 5.41) is 1.20. The monoisotopic (exact) mass is 414 g/mol. The van der Waals surface area contributed by atoms with E-state index in [4.69, 9.17) is 25.5 Å². The minimum Gasteiger partial charge on any atom is -0.466 e. The Morgan fingerprint density at radius 2 is 1.83 bits per heavy atom. The summed E-state index contributed by atoms with van der Waals surface area (Å²) in [7, 11) is 0. The van der Waals surface area contributed by atoms with Gasteiger partial charge in [-0.1, -0.05) is 11.6 Å². The number of carbonyl (C=O) groups is 2. The molecular weight excluding hydrogens is 396 g/mol. The summed E-state index contributed by atoms with van der Waals surface area (Å²) in [4.78, 5) is 36.0. The van der Waals surface area contributed by atoms with Crippen molar-refractivity contribution in [2.45, 2.75) is 26.7 Å². The molecule has 2 aromatic carbocycles. The van der Waals surface area contributed by atoms with Crippen LogP contribution in [-0.4, -0.2) is 18.5 Å². The Morgan fingerprint density at radius 3 is 2.52 bits per heavy atom. The van der Waals surface area contributed by atoms with Gasteiger partial charge < -0.3 is 13.9 Å². The van der Waals surface area contributed by atoms with Crippen molar-refractivity contribution in [3.8, 4) is 5.75 Å². The maximum Gasteiger partial charge on any atom is 0.343 e. The Bertz CT molecular complexity index is 1110. The van der Waals surface area contributed by atoms with Gasteiger partial charge in [0.2, 0.25) is 0 Å². The number of benzene rings is 2. The van der Waals surface area contributed by atoms with E-state index in [9.17, 15) is 14.4 Å². The number of halogens is 1. The van der Waals surface area contributed by atoms with Gasteiger partial charge >= 0.3 is 17.6 Å². The molecule has 3 rings (SSSR count). The second-order valence-electron chi connectivity index (χ2n) is 6.41. The molecule has 6 nitrogen and oxygen atoms in total. The number of esters is 2. The molecule has 0 spiro atoms. The number of fused-ring (bicyclic) bond motifs is 1. The first-order chi connectivity index (χ1) is 13.9. The molecule has 7 heteroatoms. The highest BCUT2D eigenvalue weighted by molar-refractivity contribution is 6.30. The van der Waals surface area contributed by atoms with Gasteiger partial charge in [-0.2, -0.15) is 0 Å². The van der Waals surface area contributed by atoms with Gasteiger partial charge in [-0.05, 0) is 61.7 Å². The van der Waals surface area contributed by atoms with Crippen molar-refractivity contribution in [3.63, 3.8) is 0 Å². The minimum atomic E-state index is -0.589. The molecule has 0 aliphatic rings. The van der Waals surface area contributed by atoms with Crippen molar-refractivity contribution in [2.75, 3.05) is 6.61 Å². The van der Waals surface area contributed by atoms with Crippen molar-refractivity contribution < 1.29 is 23.5 Å². The highest BCUT2D eigenvalue weighted by Gasteiger charge is 2.16. The lowest BCUT2D eigenvalue weighted by molar-refractivity contribution is -0.143. The van der Waals surface area contributed by atoms with E-state index < -0.39 is 11.6 Å². The van der Waals surface area contributed by atoms with Crippen LogP contribution < -0.4 is 10.4 Å². The average molecular weight is 415 g/mol. The van der Waals surface area contributed by atoms with E-state index in [1.807, 2.05) is 0 Å². The van der Waals surface area contributed by atoms with Crippen LogP contribution in [0, 0.1) is 6.92 Å². The number of carbonyl (C=O) groups excluding carboxylic acids is 2. The van der Waals surface area contributed by atoms with Crippen molar-refractivity contribution in [3.05, 3.63) is 74.6 Å². The predicted octanol–water partition coefficient (Wildman–Crippen LogP) is 4.47. The first kappa shape index (κ1) is 20.6. The van der Waals surface area contributed by atoms with Gasteiger partial charge in [0, 0.05) is 29.0 Å². The number of hydrogen-bond acceptors (Lipinski definition) is 6. The predicted molar refractivity (Wildman–Crippen MR) is 109 cm³/mol. The fourth-order valence-corrected chi connectivity index (χ4v) is 3.02. The van der Waals surface area contributed by atoms with Crippen molar-refractivity contribution in [1.82, 2.24) is 0 Å². The third-order valence-corrected chi connectivity index (χ3v) is 4.57. The average Bonchev–Trinajstić information content (AvgIpc) is 2.67. The van der Waals surface area contributed by atoms with Crippen molar-refractivity contribution in [1.29, 1.82) is 0 Å². The van der Waals surface area contributed by atoms with Gasteiger partial charge in [-0.25, -0.2) is 9.59 Å². The summed E-state index contributed by atoms with van der Waals surface area (Å²) in [5.74, 6) is -0.720. The van der Waals surface area contributed by atoms with Crippen LogP contribution in [0.2, 0.25) is 5.02 Å². The Balaban J connectivity index is 1.98. The maximum atomic E-state index is 12.5. The molecule has 150 valence electrons. The molecule has 0 N–H and O–H groups in total. The van der Waals surface area contributed by atoms with Crippen LogP contribution in [0.4, 0.5) is 0 Å². The molecule has 0 saturated carbocycles. The first-order valence-electron chi connectivity index (χ1n) is 9.08. The van der Waals surface area contributed by atoms with Gasteiger partial charge in [0.1, 0.15) is 11.3 Å².